The maximum absolute atomic E-state index is 14.0. The number of benzene rings is 2. The highest BCUT2D eigenvalue weighted by Gasteiger charge is 2.17. The quantitative estimate of drug-likeness (QED) is 0.620. The number of para-hydroxylation sites is 1. The van der Waals surface area contributed by atoms with E-state index < -0.39 is 11.8 Å². The van der Waals surface area contributed by atoms with Crippen molar-refractivity contribution in [1.29, 1.82) is 0 Å². The summed E-state index contributed by atoms with van der Waals surface area (Å²) in [6, 6.07) is 13.2. The summed E-state index contributed by atoms with van der Waals surface area (Å²) in [5.74, 6) is -0.502. The smallest absolute Gasteiger partial charge is 0.322 e. The summed E-state index contributed by atoms with van der Waals surface area (Å²) in [6.07, 6.45) is 0.724. The van der Waals surface area contributed by atoms with E-state index in [1.807, 2.05) is 50.2 Å². The Hall–Kier alpha value is -3.19. The van der Waals surface area contributed by atoms with Gasteiger partial charge < -0.3 is 20.1 Å². The number of nitrogens with zero attached hydrogens (tertiary/aromatic N) is 2. The predicted molar refractivity (Wildman–Crippen MR) is 118 cm³/mol. The summed E-state index contributed by atoms with van der Waals surface area (Å²) in [6.45, 7) is 3.34. The molecule has 7 heteroatoms. The molecule has 2 N–H and O–H groups in total. The first-order chi connectivity index (χ1) is 14.3. The third-order valence-electron chi connectivity index (χ3n) is 4.87. The van der Waals surface area contributed by atoms with Crippen LogP contribution in [0.2, 0.25) is 0 Å². The molecule has 0 aliphatic carbocycles. The van der Waals surface area contributed by atoms with E-state index in [4.69, 9.17) is 0 Å². The molecule has 3 rings (SSSR count). The number of carbonyl (C=O) groups excluding carboxylic acids is 1. The van der Waals surface area contributed by atoms with Gasteiger partial charge in [-0.2, -0.15) is 0 Å². The molecule has 158 valence electrons. The number of aromatic amines is 1. The molecule has 6 nitrogen and oxygen atoms in total. The predicted octanol–water partition coefficient (Wildman–Crippen LogP) is 3.96. The standard InChI is InChI=1S/C23H27FN4O2/c1-16-9-10-20-17(13-16)14-18(22(29)25-20)15-28(12-6-11-27(2)3)23(30)26-21-8-5-4-7-19(21)24/h4-5,7-10,13-14H,6,11-12,15H2,1-3H3,(H,25,29)(H,26,30). The highest BCUT2D eigenvalue weighted by Crippen LogP contribution is 2.16. The lowest BCUT2D eigenvalue weighted by atomic mass is 10.1. The number of anilines is 1. The van der Waals surface area contributed by atoms with Crippen molar-refractivity contribution in [3.8, 4) is 0 Å². The summed E-state index contributed by atoms with van der Waals surface area (Å²) in [5.41, 5.74) is 2.21. The van der Waals surface area contributed by atoms with Gasteiger partial charge in [0.25, 0.3) is 5.56 Å². The van der Waals surface area contributed by atoms with Crippen LogP contribution < -0.4 is 10.9 Å². The molecule has 0 saturated heterocycles. The summed E-state index contributed by atoms with van der Waals surface area (Å²) in [5, 5.41) is 3.53. The molecule has 0 fully saturated rings. The van der Waals surface area contributed by atoms with Crippen molar-refractivity contribution in [3.63, 3.8) is 0 Å². The number of aryl methyl sites for hydroxylation is 1. The third-order valence-corrected chi connectivity index (χ3v) is 4.87. The number of hydrogen-bond acceptors (Lipinski definition) is 3. The zero-order valence-corrected chi connectivity index (χ0v) is 17.5. The lowest BCUT2D eigenvalue weighted by Gasteiger charge is -2.24. The van der Waals surface area contributed by atoms with Crippen LogP contribution in [0.25, 0.3) is 10.9 Å². The number of pyridine rings is 1. The Morgan fingerprint density at radius 2 is 1.87 bits per heavy atom. The maximum atomic E-state index is 14.0. The molecule has 2 amide bonds. The summed E-state index contributed by atoms with van der Waals surface area (Å²) in [4.78, 5) is 31.9. The highest BCUT2D eigenvalue weighted by atomic mass is 19.1. The zero-order chi connectivity index (χ0) is 21.7. The van der Waals surface area contributed by atoms with Gasteiger partial charge in [0.15, 0.2) is 0 Å². The summed E-state index contributed by atoms with van der Waals surface area (Å²) < 4.78 is 14.0. The van der Waals surface area contributed by atoms with Crippen molar-refractivity contribution in [3.05, 3.63) is 75.8 Å². The average Bonchev–Trinajstić information content (AvgIpc) is 2.69. The molecule has 1 heterocycles. The molecule has 0 aliphatic heterocycles. The van der Waals surface area contributed by atoms with Crippen LogP contribution in [-0.2, 0) is 6.54 Å². The fourth-order valence-corrected chi connectivity index (χ4v) is 3.28. The molecule has 2 aromatic carbocycles. The SMILES string of the molecule is Cc1ccc2[nH]c(=O)c(CN(CCCN(C)C)C(=O)Nc3ccccc3F)cc2c1. The van der Waals surface area contributed by atoms with Gasteiger partial charge in [0.2, 0.25) is 0 Å². The number of hydrogen-bond donors (Lipinski definition) is 2. The van der Waals surface area contributed by atoms with Crippen molar-refractivity contribution in [2.24, 2.45) is 0 Å². The Morgan fingerprint density at radius 3 is 2.60 bits per heavy atom. The minimum absolute atomic E-state index is 0.114. The number of amides is 2. The van der Waals surface area contributed by atoms with Gasteiger partial charge in [-0.05, 0) is 69.7 Å². The van der Waals surface area contributed by atoms with Crippen LogP contribution in [0.15, 0.2) is 53.3 Å². The molecular weight excluding hydrogens is 383 g/mol. The van der Waals surface area contributed by atoms with Crippen LogP contribution in [-0.4, -0.2) is 48.0 Å². The Morgan fingerprint density at radius 1 is 1.10 bits per heavy atom. The Kier molecular flexibility index (Phi) is 6.84. The minimum Gasteiger partial charge on any atom is -0.322 e. The minimum atomic E-state index is -0.502. The molecule has 0 spiro atoms. The van der Waals surface area contributed by atoms with E-state index >= 15 is 0 Å². The van der Waals surface area contributed by atoms with E-state index in [-0.39, 0.29) is 17.8 Å². The van der Waals surface area contributed by atoms with Gasteiger partial charge in [-0.3, -0.25) is 4.79 Å². The molecule has 30 heavy (non-hydrogen) atoms. The molecule has 1 aromatic heterocycles. The fourth-order valence-electron chi connectivity index (χ4n) is 3.28. The Bertz CT molecular complexity index is 1090. The number of rotatable bonds is 7. The van der Waals surface area contributed by atoms with E-state index in [9.17, 15) is 14.0 Å². The van der Waals surface area contributed by atoms with E-state index in [2.05, 4.69) is 10.3 Å². The monoisotopic (exact) mass is 410 g/mol. The number of nitrogens with one attached hydrogen (secondary N) is 2. The number of H-pyrrole nitrogens is 1. The highest BCUT2D eigenvalue weighted by molar-refractivity contribution is 5.89. The van der Waals surface area contributed by atoms with Gasteiger partial charge in [0.1, 0.15) is 5.82 Å². The van der Waals surface area contributed by atoms with Gasteiger partial charge in [0.05, 0.1) is 12.2 Å². The fraction of sp³-hybridized carbons (Fsp3) is 0.304. The first kappa shape index (κ1) is 21.5. The molecule has 0 aliphatic rings. The molecular formula is C23H27FN4O2. The first-order valence-electron chi connectivity index (χ1n) is 9.91. The van der Waals surface area contributed by atoms with E-state index in [1.54, 1.807) is 17.0 Å². The summed E-state index contributed by atoms with van der Waals surface area (Å²) >= 11 is 0. The van der Waals surface area contributed by atoms with Gasteiger partial charge in [-0.1, -0.05) is 23.8 Å². The number of fused-ring (bicyclic) bond motifs is 1. The van der Waals surface area contributed by atoms with Crippen LogP contribution >= 0.6 is 0 Å². The van der Waals surface area contributed by atoms with E-state index in [0.29, 0.717) is 12.1 Å². The molecule has 0 unspecified atom stereocenters. The Balaban J connectivity index is 1.85. The van der Waals surface area contributed by atoms with Gasteiger partial charge in [-0.25, -0.2) is 9.18 Å². The van der Waals surface area contributed by atoms with Crippen molar-refractivity contribution >= 4 is 22.6 Å². The van der Waals surface area contributed by atoms with Gasteiger partial charge in [0, 0.05) is 17.6 Å². The first-order valence-corrected chi connectivity index (χ1v) is 9.91. The van der Waals surface area contributed by atoms with Gasteiger partial charge >= 0.3 is 6.03 Å². The number of halogens is 1. The van der Waals surface area contributed by atoms with Crippen molar-refractivity contribution in [2.45, 2.75) is 19.9 Å². The Labute approximate surface area is 175 Å². The second-order valence-electron chi connectivity index (χ2n) is 7.70. The van der Waals surface area contributed by atoms with Crippen LogP contribution in [0.4, 0.5) is 14.9 Å². The van der Waals surface area contributed by atoms with Crippen molar-refractivity contribution in [1.82, 2.24) is 14.8 Å². The second-order valence-corrected chi connectivity index (χ2v) is 7.70. The topological polar surface area (TPSA) is 68.4 Å². The summed E-state index contributed by atoms with van der Waals surface area (Å²) in [7, 11) is 3.92. The van der Waals surface area contributed by atoms with Crippen LogP contribution in [0, 0.1) is 12.7 Å². The second kappa shape index (κ2) is 9.54. The number of urea groups is 1. The maximum Gasteiger partial charge on any atom is 0.322 e. The molecule has 0 bridgehead atoms. The largest absolute Gasteiger partial charge is 0.322 e. The molecule has 0 saturated carbocycles. The van der Waals surface area contributed by atoms with Gasteiger partial charge in [-0.15, -0.1) is 0 Å². The number of carbonyl (C=O) groups is 1. The van der Waals surface area contributed by atoms with Crippen LogP contribution in [0.1, 0.15) is 17.5 Å². The molecule has 0 atom stereocenters. The number of aromatic nitrogens is 1. The zero-order valence-electron chi connectivity index (χ0n) is 17.5. The van der Waals surface area contributed by atoms with Crippen LogP contribution in [0.3, 0.4) is 0 Å². The molecule has 3 aromatic rings. The lowest BCUT2D eigenvalue weighted by Crippen LogP contribution is -2.38. The van der Waals surface area contributed by atoms with Crippen LogP contribution in [0.5, 0.6) is 0 Å². The lowest BCUT2D eigenvalue weighted by molar-refractivity contribution is 0.205. The van der Waals surface area contributed by atoms with Crippen molar-refractivity contribution < 1.29 is 9.18 Å². The molecule has 0 radical (unpaired) electrons. The third kappa shape index (κ3) is 5.45. The van der Waals surface area contributed by atoms with E-state index in [1.165, 1.54) is 12.1 Å². The average molecular weight is 410 g/mol. The van der Waals surface area contributed by atoms with E-state index in [0.717, 1.165) is 29.4 Å². The van der Waals surface area contributed by atoms with Crippen molar-refractivity contribution in [2.75, 3.05) is 32.5 Å². The normalized spacial score (nSPS) is 11.1.